The molecule has 3 N–H and O–H groups in total. The molecule has 0 bridgehead atoms. The Balaban J connectivity index is 1.76. The van der Waals surface area contributed by atoms with E-state index in [4.69, 9.17) is 4.74 Å². The molecule has 7 heteroatoms. The van der Waals surface area contributed by atoms with E-state index in [0.717, 1.165) is 16.9 Å². The van der Waals surface area contributed by atoms with Gasteiger partial charge in [0.1, 0.15) is 0 Å². The van der Waals surface area contributed by atoms with Crippen molar-refractivity contribution in [3.63, 3.8) is 0 Å². The minimum absolute atomic E-state index is 0.577. The second-order valence-electron chi connectivity index (χ2n) is 5.55. The number of aromatic nitrogens is 4. The Morgan fingerprint density at radius 1 is 1.04 bits per heavy atom. The maximum absolute atomic E-state index is 5.23. The minimum atomic E-state index is 0.577. The quantitative estimate of drug-likeness (QED) is 0.644. The first-order chi connectivity index (χ1) is 11.6. The molecule has 0 unspecified atom stereocenters. The van der Waals surface area contributed by atoms with E-state index in [1.165, 1.54) is 5.56 Å². The van der Waals surface area contributed by atoms with E-state index in [1.807, 2.05) is 19.1 Å². The van der Waals surface area contributed by atoms with E-state index in [0.29, 0.717) is 24.1 Å². The van der Waals surface area contributed by atoms with Crippen LogP contribution in [-0.2, 0) is 11.3 Å². The maximum atomic E-state index is 5.23. The SMILES string of the molecule is COCc1cc(Nc2cncc(Nc3cc(C)[nH]n3)n2)ccc1C. The molecule has 3 rings (SSSR count). The van der Waals surface area contributed by atoms with Crippen LogP contribution in [0.1, 0.15) is 16.8 Å². The first-order valence-electron chi connectivity index (χ1n) is 7.60. The molecular formula is C17H20N6O. The molecule has 0 saturated carbocycles. The molecule has 0 radical (unpaired) electrons. The lowest BCUT2D eigenvalue weighted by Crippen LogP contribution is -2.00. The Hall–Kier alpha value is -2.93. The number of aromatic amines is 1. The molecule has 1 aromatic carbocycles. The van der Waals surface area contributed by atoms with Crippen LogP contribution in [0.4, 0.5) is 23.1 Å². The van der Waals surface area contributed by atoms with Gasteiger partial charge in [0.2, 0.25) is 0 Å². The first kappa shape index (κ1) is 15.9. The zero-order valence-electron chi connectivity index (χ0n) is 13.9. The summed E-state index contributed by atoms with van der Waals surface area (Å²) in [6.07, 6.45) is 3.33. The molecule has 0 aliphatic carbocycles. The number of H-pyrrole nitrogens is 1. The number of nitrogens with zero attached hydrogens (tertiary/aromatic N) is 3. The third-order valence-corrected chi connectivity index (χ3v) is 3.52. The topological polar surface area (TPSA) is 87.8 Å². The van der Waals surface area contributed by atoms with Crippen LogP contribution in [0.2, 0.25) is 0 Å². The Morgan fingerprint density at radius 3 is 2.54 bits per heavy atom. The van der Waals surface area contributed by atoms with Crippen molar-refractivity contribution in [2.45, 2.75) is 20.5 Å². The van der Waals surface area contributed by atoms with E-state index < -0.39 is 0 Å². The summed E-state index contributed by atoms with van der Waals surface area (Å²) in [5, 5.41) is 13.4. The van der Waals surface area contributed by atoms with Gasteiger partial charge in [-0.1, -0.05) is 6.07 Å². The van der Waals surface area contributed by atoms with Gasteiger partial charge < -0.3 is 15.4 Å². The molecule has 0 saturated heterocycles. The van der Waals surface area contributed by atoms with Crippen LogP contribution in [0.3, 0.4) is 0 Å². The van der Waals surface area contributed by atoms with Crippen molar-refractivity contribution in [3.8, 4) is 0 Å². The average Bonchev–Trinajstić information content (AvgIpc) is 2.96. The van der Waals surface area contributed by atoms with Crippen molar-refractivity contribution in [2.24, 2.45) is 0 Å². The van der Waals surface area contributed by atoms with Crippen LogP contribution >= 0.6 is 0 Å². The lowest BCUT2D eigenvalue weighted by atomic mass is 10.1. The second-order valence-corrected chi connectivity index (χ2v) is 5.55. The van der Waals surface area contributed by atoms with E-state index in [9.17, 15) is 0 Å². The zero-order chi connectivity index (χ0) is 16.9. The van der Waals surface area contributed by atoms with Crippen LogP contribution < -0.4 is 10.6 Å². The van der Waals surface area contributed by atoms with Crippen LogP contribution in [-0.4, -0.2) is 27.3 Å². The molecule has 0 amide bonds. The Morgan fingerprint density at radius 2 is 1.83 bits per heavy atom. The van der Waals surface area contributed by atoms with Crippen molar-refractivity contribution in [1.82, 2.24) is 20.2 Å². The predicted molar refractivity (Wildman–Crippen MR) is 93.8 cm³/mol. The third-order valence-electron chi connectivity index (χ3n) is 3.52. The first-order valence-corrected chi connectivity index (χ1v) is 7.60. The fourth-order valence-corrected chi connectivity index (χ4v) is 2.31. The molecule has 2 aromatic heterocycles. The van der Waals surface area contributed by atoms with Crippen LogP contribution in [0.5, 0.6) is 0 Å². The van der Waals surface area contributed by atoms with Crippen molar-refractivity contribution in [1.29, 1.82) is 0 Å². The van der Waals surface area contributed by atoms with Crippen molar-refractivity contribution in [2.75, 3.05) is 17.7 Å². The van der Waals surface area contributed by atoms with Crippen LogP contribution in [0.15, 0.2) is 36.7 Å². The number of methoxy groups -OCH3 is 1. The molecular weight excluding hydrogens is 304 g/mol. The van der Waals surface area contributed by atoms with Gasteiger partial charge in [0.05, 0.1) is 19.0 Å². The maximum Gasteiger partial charge on any atom is 0.153 e. The molecule has 2 heterocycles. The number of hydrogen-bond donors (Lipinski definition) is 3. The minimum Gasteiger partial charge on any atom is -0.380 e. The fraction of sp³-hybridized carbons (Fsp3) is 0.235. The largest absolute Gasteiger partial charge is 0.380 e. The summed E-state index contributed by atoms with van der Waals surface area (Å²) in [7, 11) is 1.69. The highest BCUT2D eigenvalue weighted by Crippen LogP contribution is 2.20. The number of rotatable bonds is 6. The zero-order valence-corrected chi connectivity index (χ0v) is 13.9. The summed E-state index contributed by atoms with van der Waals surface area (Å²) in [5.74, 6) is 1.98. The Kier molecular flexibility index (Phi) is 4.72. The van der Waals surface area contributed by atoms with Gasteiger partial charge in [-0.2, -0.15) is 5.10 Å². The molecule has 3 aromatic rings. The van der Waals surface area contributed by atoms with Gasteiger partial charge in [0.15, 0.2) is 17.5 Å². The van der Waals surface area contributed by atoms with E-state index in [1.54, 1.807) is 19.5 Å². The van der Waals surface area contributed by atoms with E-state index in [2.05, 4.69) is 49.9 Å². The summed E-state index contributed by atoms with van der Waals surface area (Å²) in [6.45, 7) is 4.58. The van der Waals surface area contributed by atoms with Crippen molar-refractivity contribution in [3.05, 3.63) is 53.5 Å². The molecule has 24 heavy (non-hydrogen) atoms. The number of aryl methyl sites for hydroxylation is 2. The van der Waals surface area contributed by atoms with Gasteiger partial charge in [0.25, 0.3) is 0 Å². The lowest BCUT2D eigenvalue weighted by molar-refractivity contribution is 0.184. The lowest BCUT2D eigenvalue weighted by Gasteiger charge is -2.10. The highest BCUT2D eigenvalue weighted by Gasteiger charge is 2.04. The van der Waals surface area contributed by atoms with E-state index in [-0.39, 0.29) is 0 Å². The molecule has 0 spiro atoms. The molecule has 7 nitrogen and oxygen atoms in total. The Bertz CT molecular complexity index is 829. The number of benzene rings is 1. The average molecular weight is 324 g/mol. The van der Waals surface area contributed by atoms with Gasteiger partial charge >= 0.3 is 0 Å². The van der Waals surface area contributed by atoms with Gasteiger partial charge in [0, 0.05) is 24.6 Å². The highest BCUT2D eigenvalue weighted by molar-refractivity contribution is 5.60. The molecule has 0 aliphatic rings. The smallest absolute Gasteiger partial charge is 0.153 e. The molecule has 0 fully saturated rings. The fourth-order valence-electron chi connectivity index (χ4n) is 2.31. The normalized spacial score (nSPS) is 10.6. The summed E-state index contributed by atoms with van der Waals surface area (Å²) >= 11 is 0. The predicted octanol–water partition coefficient (Wildman–Crippen LogP) is 3.45. The van der Waals surface area contributed by atoms with Gasteiger partial charge in [-0.15, -0.1) is 0 Å². The molecule has 124 valence electrons. The number of ether oxygens (including phenoxy) is 1. The van der Waals surface area contributed by atoms with Crippen molar-refractivity contribution < 1.29 is 4.74 Å². The summed E-state index contributed by atoms with van der Waals surface area (Å²) < 4.78 is 5.23. The summed E-state index contributed by atoms with van der Waals surface area (Å²) in [5.41, 5.74) is 4.24. The summed E-state index contributed by atoms with van der Waals surface area (Å²) in [4.78, 5) is 8.71. The van der Waals surface area contributed by atoms with Gasteiger partial charge in [-0.25, -0.2) is 4.98 Å². The second kappa shape index (κ2) is 7.10. The highest BCUT2D eigenvalue weighted by atomic mass is 16.5. The number of anilines is 4. The number of hydrogen-bond acceptors (Lipinski definition) is 6. The van der Waals surface area contributed by atoms with Crippen molar-refractivity contribution >= 4 is 23.1 Å². The van der Waals surface area contributed by atoms with Crippen LogP contribution in [0.25, 0.3) is 0 Å². The van der Waals surface area contributed by atoms with Crippen LogP contribution in [0, 0.1) is 13.8 Å². The molecule has 0 aliphatic heterocycles. The Labute approximate surface area is 140 Å². The van der Waals surface area contributed by atoms with Gasteiger partial charge in [-0.05, 0) is 37.1 Å². The monoisotopic (exact) mass is 324 g/mol. The standard InChI is InChI=1S/C17H20N6O/c1-11-4-5-14(7-13(11)10-24-3)19-16-8-18-9-17(21-16)20-15-6-12(2)22-23-15/h4-9H,10H2,1-3H3,(H3,19,20,21,22,23). The third kappa shape index (κ3) is 3.88. The van der Waals surface area contributed by atoms with E-state index >= 15 is 0 Å². The number of nitrogens with one attached hydrogen (secondary N) is 3. The molecule has 0 atom stereocenters. The van der Waals surface area contributed by atoms with Gasteiger partial charge in [-0.3, -0.25) is 10.1 Å². The summed E-state index contributed by atoms with van der Waals surface area (Å²) in [6, 6.07) is 8.02.